The van der Waals surface area contributed by atoms with Crippen molar-refractivity contribution < 1.29 is 0 Å². The molecule has 1 aromatic rings. The number of nitrogens with one attached hydrogen (secondary N) is 1. The molecule has 0 bridgehead atoms. The van der Waals surface area contributed by atoms with Crippen molar-refractivity contribution in [2.24, 2.45) is 13.0 Å². The minimum Gasteiger partial charge on any atom is -0.307 e. The molecule has 17 heavy (non-hydrogen) atoms. The molecule has 0 amide bonds. The fourth-order valence-electron chi connectivity index (χ4n) is 1.71. The number of alkyl halides is 1. The normalized spacial score (nSPS) is 13.4. The predicted octanol–water partition coefficient (Wildman–Crippen LogP) is 3.10. The molecule has 0 aliphatic carbocycles. The zero-order chi connectivity index (χ0) is 13.0. The van der Waals surface area contributed by atoms with E-state index in [1.54, 1.807) is 0 Å². The Morgan fingerprint density at radius 1 is 1.47 bits per heavy atom. The van der Waals surface area contributed by atoms with Gasteiger partial charge in [-0.25, -0.2) is 0 Å². The van der Waals surface area contributed by atoms with Crippen molar-refractivity contribution in [3.63, 3.8) is 0 Å². The monoisotopic (exact) mass is 321 g/mol. The number of hydrogen-bond acceptors (Lipinski definition) is 2. The first kappa shape index (κ1) is 15.0. The second-order valence-corrected chi connectivity index (χ2v) is 5.67. The smallest absolute Gasteiger partial charge is 0.0767 e. The van der Waals surface area contributed by atoms with E-state index in [1.165, 1.54) is 5.69 Å². The van der Waals surface area contributed by atoms with E-state index in [-0.39, 0.29) is 0 Å². The minimum atomic E-state index is 0.337. The van der Waals surface area contributed by atoms with Gasteiger partial charge in [-0.3, -0.25) is 4.68 Å². The quantitative estimate of drug-likeness (QED) is 0.816. The van der Waals surface area contributed by atoms with Gasteiger partial charge in [-0.05, 0) is 28.3 Å². The van der Waals surface area contributed by atoms with Crippen molar-refractivity contribution in [3.8, 4) is 0 Å². The molecular weight excluding hydrogens is 302 g/mol. The summed E-state index contributed by atoms with van der Waals surface area (Å²) in [6.45, 7) is 7.26. The predicted molar refractivity (Wildman–Crippen MR) is 76.5 cm³/mol. The van der Waals surface area contributed by atoms with Crippen molar-refractivity contribution in [1.29, 1.82) is 0 Å². The summed E-state index contributed by atoms with van der Waals surface area (Å²) in [5.74, 6) is 1.17. The number of aromatic nitrogens is 2. The lowest BCUT2D eigenvalue weighted by molar-refractivity contribution is 0.423. The van der Waals surface area contributed by atoms with Crippen molar-refractivity contribution in [2.45, 2.75) is 39.8 Å². The van der Waals surface area contributed by atoms with E-state index < -0.39 is 0 Å². The van der Waals surface area contributed by atoms with Gasteiger partial charge >= 0.3 is 0 Å². The van der Waals surface area contributed by atoms with Crippen molar-refractivity contribution >= 4 is 27.5 Å². The van der Waals surface area contributed by atoms with Gasteiger partial charge in [0.05, 0.1) is 15.9 Å². The molecule has 0 saturated heterocycles. The number of aryl methyl sites for hydroxylation is 2. The van der Waals surface area contributed by atoms with Crippen molar-refractivity contribution in [3.05, 3.63) is 15.9 Å². The molecule has 0 fully saturated rings. The third-order valence-corrected chi connectivity index (χ3v) is 4.25. The summed E-state index contributed by atoms with van der Waals surface area (Å²) in [6.07, 6.45) is 0.942. The van der Waals surface area contributed by atoms with Crippen LogP contribution in [0.5, 0.6) is 0 Å². The Morgan fingerprint density at radius 3 is 2.53 bits per heavy atom. The molecule has 0 aromatic carbocycles. The van der Waals surface area contributed by atoms with Crippen molar-refractivity contribution in [2.75, 3.05) is 5.88 Å². The Kier molecular flexibility index (Phi) is 5.97. The van der Waals surface area contributed by atoms with E-state index in [0.29, 0.717) is 17.8 Å². The van der Waals surface area contributed by atoms with Crippen LogP contribution in [0.25, 0.3) is 0 Å². The van der Waals surface area contributed by atoms with E-state index >= 15 is 0 Å². The fourth-order valence-corrected chi connectivity index (χ4v) is 2.93. The lowest BCUT2D eigenvalue weighted by atomic mass is 10.1. The molecule has 3 nitrogen and oxygen atoms in total. The second kappa shape index (κ2) is 6.76. The third kappa shape index (κ3) is 3.70. The summed E-state index contributed by atoms with van der Waals surface area (Å²) in [5.41, 5.74) is 2.29. The first-order chi connectivity index (χ1) is 8.01. The van der Waals surface area contributed by atoms with Gasteiger partial charge in [-0.2, -0.15) is 5.10 Å². The zero-order valence-corrected chi connectivity index (χ0v) is 13.3. The molecule has 5 heteroatoms. The van der Waals surface area contributed by atoms with Crippen LogP contribution in [0.4, 0.5) is 0 Å². The van der Waals surface area contributed by atoms with Crippen LogP contribution in [0, 0.1) is 5.92 Å². The van der Waals surface area contributed by atoms with Gasteiger partial charge in [0.15, 0.2) is 0 Å². The van der Waals surface area contributed by atoms with Crippen molar-refractivity contribution in [1.82, 2.24) is 15.1 Å². The molecule has 0 saturated carbocycles. The Bertz CT molecular complexity index is 363. The molecule has 0 aliphatic rings. The Balaban J connectivity index is 2.72. The highest BCUT2D eigenvalue weighted by Gasteiger charge is 2.15. The maximum atomic E-state index is 5.94. The summed E-state index contributed by atoms with van der Waals surface area (Å²) in [4.78, 5) is 0. The second-order valence-electron chi connectivity index (χ2n) is 4.57. The average Bonchev–Trinajstić information content (AvgIpc) is 2.56. The number of nitrogens with zero attached hydrogens (tertiary/aromatic N) is 2. The molecule has 1 rings (SSSR count). The van der Waals surface area contributed by atoms with E-state index in [0.717, 1.165) is 23.1 Å². The topological polar surface area (TPSA) is 29.9 Å². The largest absolute Gasteiger partial charge is 0.307 e. The van der Waals surface area contributed by atoms with Crippen LogP contribution in [-0.4, -0.2) is 21.7 Å². The van der Waals surface area contributed by atoms with E-state index in [2.05, 4.69) is 47.1 Å². The standard InChI is InChI=1S/C12H21BrClN3/c1-5-9-12(13)11(17(4)16-9)7-15-10(6-14)8(2)3/h8,10,15H,5-7H2,1-4H3. The number of rotatable bonds is 6. The van der Waals surface area contributed by atoms with Crippen LogP contribution >= 0.6 is 27.5 Å². The van der Waals surface area contributed by atoms with E-state index in [9.17, 15) is 0 Å². The molecular formula is C12H21BrClN3. The molecule has 0 radical (unpaired) electrons. The molecule has 1 heterocycles. The van der Waals surface area contributed by atoms with Crippen LogP contribution in [0.1, 0.15) is 32.2 Å². The first-order valence-corrected chi connectivity index (χ1v) is 7.33. The van der Waals surface area contributed by atoms with E-state index in [1.807, 2.05) is 11.7 Å². The summed E-state index contributed by atoms with van der Waals surface area (Å²) < 4.78 is 3.05. The highest BCUT2D eigenvalue weighted by Crippen LogP contribution is 2.21. The number of halogens is 2. The fraction of sp³-hybridized carbons (Fsp3) is 0.750. The molecule has 0 aliphatic heterocycles. The number of hydrogen-bond donors (Lipinski definition) is 1. The van der Waals surface area contributed by atoms with Crippen LogP contribution in [0.15, 0.2) is 4.47 Å². The molecule has 1 aromatic heterocycles. The van der Waals surface area contributed by atoms with Crippen LogP contribution < -0.4 is 5.32 Å². The van der Waals surface area contributed by atoms with Crippen LogP contribution in [0.2, 0.25) is 0 Å². The maximum Gasteiger partial charge on any atom is 0.0767 e. The van der Waals surface area contributed by atoms with Gasteiger partial charge in [-0.15, -0.1) is 11.6 Å². The summed E-state index contributed by atoms with van der Waals surface area (Å²) in [5, 5.41) is 7.96. The molecule has 1 unspecified atom stereocenters. The van der Waals surface area contributed by atoms with Gasteiger partial charge in [0, 0.05) is 25.5 Å². The Labute approximate surface area is 117 Å². The van der Waals surface area contributed by atoms with Gasteiger partial charge in [0.2, 0.25) is 0 Å². The summed E-state index contributed by atoms with van der Waals surface area (Å²) >= 11 is 9.56. The third-order valence-electron chi connectivity index (χ3n) is 3.01. The highest BCUT2D eigenvalue weighted by atomic mass is 79.9. The molecule has 98 valence electrons. The maximum absolute atomic E-state index is 5.94. The van der Waals surface area contributed by atoms with Gasteiger partial charge in [-0.1, -0.05) is 20.8 Å². The summed E-state index contributed by atoms with van der Waals surface area (Å²) in [7, 11) is 1.98. The van der Waals surface area contributed by atoms with Gasteiger partial charge in [0.1, 0.15) is 0 Å². The first-order valence-electron chi connectivity index (χ1n) is 6.00. The molecule has 1 atom stereocenters. The highest BCUT2D eigenvalue weighted by molar-refractivity contribution is 9.10. The Hall–Kier alpha value is -0.0600. The van der Waals surface area contributed by atoms with Crippen LogP contribution in [-0.2, 0) is 20.0 Å². The van der Waals surface area contributed by atoms with E-state index in [4.69, 9.17) is 11.6 Å². The van der Waals surface area contributed by atoms with Crippen LogP contribution in [0.3, 0.4) is 0 Å². The van der Waals surface area contributed by atoms with Gasteiger partial charge in [0.25, 0.3) is 0 Å². The van der Waals surface area contributed by atoms with Gasteiger partial charge < -0.3 is 5.32 Å². The average molecular weight is 323 g/mol. The lowest BCUT2D eigenvalue weighted by Crippen LogP contribution is -2.35. The minimum absolute atomic E-state index is 0.337. The molecule has 1 N–H and O–H groups in total. The SMILES string of the molecule is CCc1nn(C)c(CNC(CCl)C(C)C)c1Br. The molecule has 0 spiro atoms. The summed E-state index contributed by atoms with van der Waals surface area (Å²) in [6, 6.07) is 0.337. The lowest BCUT2D eigenvalue weighted by Gasteiger charge is -2.19. The Morgan fingerprint density at radius 2 is 2.12 bits per heavy atom. The zero-order valence-electron chi connectivity index (χ0n) is 10.9.